The van der Waals surface area contributed by atoms with Gasteiger partial charge in [0.05, 0.1) is 12.3 Å². The number of aromatic nitrogens is 2. The predicted octanol–water partition coefficient (Wildman–Crippen LogP) is 4.81. The summed E-state index contributed by atoms with van der Waals surface area (Å²) in [7, 11) is 0. The molecule has 0 fully saturated rings. The van der Waals surface area contributed by atoms with Gasteiger partial charge in [-0.25, -0.2) is 4.98 Å². The maximum atomic E-state index is 12.3. The first-order chi connectivity index (χ1) is 14.7. The Hall–Kier alpha value is -3.80. The zero-order chi connectivity index (χ0) is 20.8. The van der Waals surface area contributed by atoms with Crippen molar-refractivity contribution in [1.29, 1.82) is 0 Å². The fourth-order valence-electron chi connectivity index (χ4n) is 3.04. The first-order valence-corrected chi connectivity index (χ1v) is 9.91. The Labute approximate surface area is 175 Å². The summed E-state index contributed by atoms with van der Waals surface area (Å²) < 4.78 is 13.3. The number of nitrogens with zero attached hydrogens (tertiary/aromatic N) is 2. The van der Waals surface area contributed by atoms with E-state index in [-0.39, 0.29) is 12.5 Å². The first kappa shape index (κ1) is 19.5. The molecule has 1 N–H and O–H groups in total. The molecule has 0 bridgehead atoms. The van der Waals surface area contributed by atoms with E-state index in [4.69, 9.17) is 9.47 Å². The smallest absolute Gasteiger partial charge is 0.262 e. The standard InChI is InChI=1S/C24H23N3O3/c1-2-15-29-21-7-3-4-8-22(21)30-17-24(28)25-19-12-10-18(11-13-19)20-16-27-14-6-5-9-23(27)26-20/h3-14,16H,2,15,17H2,1H3,(H,25,28). The molecular formula is C24H23N3O3. The third kappa shape index (κ3) is 4.60. The van der Waals surface area contributed by atoms with Gasteiger partial charge in [0.15, 0.2) is 18.1 Å². The van der Waals surface area contributed by atoms with Crippen molar-refractivity contribution in [2.45, 2.75) is 13.3 Å². The number of para-hydroxylation sites is 2. The highest BCUT2D eigenvalue weighted by molar-refractivity contribution is 5.92. The fraction of sp³-hybridized carbons (Fsp3) is 0.167. The summed E-state index contributed by atoms with van der Waals surface area (Å²) >= 11 is 0. The third-order valence-corrected chi connectivity index (χ3v) is 4.50. The maximum Gasteiger partial charge on any atom is 0.262 e. The topological polar surface area (TPSA) is 64.9 Å². The second-order valence-corrected chi connectivity index (χ2v) is 6.80. The van der Waals surface area contributed by atoms with Crippen molar-refractivity contribution in [3.63, 3.8) is 0 Å². The van der Waals surface area contributed by atoms with E-state index in [1.807, 2.05) is 84.4 Å². The summed E-state index contributed by atoms with van der Waals surface area (Å²) in [5.74, 6) is 0.966. The molecule has 2 aromatic heterocycles. The van der Waals surface area contributed by atoms with E-state index in [1.165, 1.54) is 0 Å². The van der Waals surface area contributed by atoms with Crippen molar-refractivity contribution in [2.24, 2.45) is 0 Å². The molecule has 6 heteroatoms. The van der Waals surface area contributed by atoms with Crippen LogP contribution in [-0.4, -0.2) is 28.5 Å². The number of carbonyl (C=O) groups is 1. The van der Waals surface area contributed by atoms with Gasteiger partial charge in [-0.15, -0.1) is 0 Å². The molecule has 0 atom stereocenters. The molecule has 4 rings (SSSR count). The molecule has 2 heterocycles. The molecule has 0 unspecified atom stereocenters. The average Bonchev–Trinajstić information content (AvgIpc) is 3.21. The Morgan fingerprint density at radius 3 is 2.43 bits per heavy atom. The van der Waals surface area contributed by atoms with Gasteiger partial charge in [-0.2, -0.15) is 0 Å². The molecule has 0 saturated carbocycles. The molecule has 0 saturated heterocycles. The van der Waals surface area contributed by atoms with Crippen LogP contribution in [-0.2, 0) is 4.79 Å². The molecule has 1 amide bonds. The van der Waals surface area contributed by atoms with Gasteiger partial charge < -0.3 is 19.2 Å². The molecule has 4 aromatic rings. The minimum absolute atomic E-state index is 0.0965. The van der Waals surface area contributed by atoms with Crippen LogP contribution < -0.4 is 14.8 Å². The summed E-state index contributed by atoms with van der Waals surface area (Å²) in [5.41, 5.74) is 3.46. The predicted molar refractivity (Wildman–Crippen MR) is 117 cm³/mol. The second-order valence-electron chi connectivity index (χ2n) is 6.80. The van der Waals surface area contributed by atoms with Crippen LogP contribution in [0, 0.1) is 0 Å². The highest BCUT2D eigenvalue weighted by Gasteiger charge is 2.09. The number of nitrogens with one attached hydrogen (secondary N) is 1. The van der Waals surface area contributed by atoms with E-state index < -0.39 is 0 Å². The molecule has 0 radical (unpaired) electrons. The van der Waals surface area contributed by atoms with Gasteiger partial charge in [0.1, 0.15) is 5.65 Å². The zero-order valence-corrected chi connectivity index (χ0v) is 16.7. The largest absolute Gasteiger partial charge is 0.490 e. The molecule has 0 aliphatic carbocycles. The number of benzene rings is 2. The number of hydrogen-bond acceptors (Lipinski definition) is 4. The molecule has 152 valence electrons. The van der Waals surface area contributed by atoms with Crippen molar-refractivity contribution >= 4 is 17.2 Å². The SMILES string of the molecule is CCCOc1ccccc1OCC(=O)Nc1ccc(-c2cn3ccccc3n2)cc1. The molecule has 6 nitrogen and oxygen atoms in total. The van der Waals surface area contributed by atoms with Gasteiger partial charge in [-0.05, 0) is 42.8 Å². The van der Waals surface area contributed by atoms with Crippen LogP contribution in [0.4, 0.5) is 5.69 Å². The lowest BCUT2D eigenvalue weighted by atomic mass is 10.1. The molecular weight excluding hydrogens is 378 g/mol. The Kier molecular flexibility index (Phi) is 5.94. The Bertz CT molecular complexity index is 1100. The van der Waals surface area contributed by atoms with E-state index in [0.29, 0.717) is 23.8 Å². The van der Waals surface area contributed by atoms with Crippen molar-refractivity contribution in [2.75, 3.05) is 18.5 Å². The van der Waals surface area contributed by atoms with Crippen LogP contribution in [0.1, 0.15) is 13.3 Å². The summed E-state index contributed by atoms with van der Waals surface area (Å²) in [6.45, 7) is 2.54. The Morgan fingerprint density at radius 1 is 0.967 bits per heavy atom. The molecule has 30 heavy (non-hydrogen) atoms. The number of rotatable bonds is 8. The number of imidazole rings is 1. The number of carbonyl (C=O) groups excluding carboxylic acids is 1. The summed E-state index contributed by atoms with van der Waals surface area (Å²) in [6.07, 6.45) is 4.85. The molecule has 0 aliphatic heterocycles. The average molecular weight is 401 g/mol. The lowest BCUT2D eigenvalue weighted by molar-refractivity contribution is -0.118. The van der Waals surface area contributed by atoms with Gasteiger partial charge in [-0.3, -0.25) is 4.79 Å². The van der Waals surface area contributed by atoms with Gasteiger partial charge in [0.25, 0.3) is 5.91 Å². The van der Waals surface area contributed by atoms with E-state index in [1.54, 1.807) is 6.07 Å². The van der Waals surface area contributed by atoms with Crippen LogP contribution in [0.2, 0.25) is 0 Å². The number of hydrogen-bond donors (Lipinski definition) is 1. The van der Waals surface area contributed by atoms with Crippen molar-refractivity contribution in [1.82, 2.24) is 9.38 Å². The number of fused-ring (bicyclic) bond motifs is 1. The van der Waals surface area contributed by atoms with Crippen molar-refractivity contribution in [3.8, 4) is 22.8 Å². The highest BCUT2D eigenvalue weighted by Crippen LogP contribution is 2.26. The lowest BCUT2D eigenvalue weighted by Gasteiger charge is -2.12. The third-order valence-electron chi connectivity index (χ3n) is 4.50. The van der Waals surface area contributed by atoms with Crippen LogP contribution in [0.5, 0.6) is 11.5 Å². The van der Waals surface area contributed by atoms with Crippen LogP contribution in [0.25, 0.3) is 16.9 Å². The first-order valence-electron chi connectivity index (χ1n) is 9.91. The quantitative estimate of drug-likeness (QED) is 0.460. The summed E-state index contributed by atoms with van der Waals surface area (Å²) in [4.78, 5) is 16.9. The van der Waals surface area contributed by atoms with Gasteiger partial charge in [-0.1, -0.05) is 37.3 Å². The van der Waals surface area contributed by atoms with Crippen LogP contribution in [0.3, 0.4) is 0 Å². The number of ether oxygens (including phenoxy) is 2. The summed E-state index contributed by atoms with van der Waals surface area (Å²) in [6, 6.07) is 20.8. The fourth-order valence-corrected chi connectivity index (χ4v) is 3.04. The number of pyridine rings is 1. The molecule has 2 aromatic carbocycles. The van der Waals surface area contributed by atoms with E-state index in [9.17, 15) is 4.79 Å². The van der Waals surface area contributed by atoms with Crippen molar-refractivity contribution < 1.29 is 14.3 Å². The van der Waals surface area contributed by atoms with Gasteiger partial charge >= 0.3 is 0 Å². The molecule has 0 spiro atoms. The van der Waals surface area contributed by atoms with E-state index >= 15 is 0 Å². The molecule has 0 aliphatic rings. The summed E-state index contributed by atoms with van der Waals surface area (Å²) in [5, 5.41) is 2.85. The minimum atomic E-state index is -0.235. The van der Waals surface area contributed by atoms with E-state index in [2.05, 4.69) is 10.3 Å². The van der Waals surface area contributed by atoms with Crippen LogP contribution in [0.15, 0.2) is 79.1 Å². The minimum Gasteiger partial charge on any atom is -0.490 e. The zero-order valence-electron chi connectivity index (χ0n) is 16.7. The monoisotopic (exact) mass is 401 g/mol. The lowest BCUT2D eigenvalue weighted by Crippen LogP contribution is -2.20. The Morgan fingerprint density at radius 2 is 1.70 bits per heavy atom. The second kappa shape index (κ2) is 9.13. The maximum absolute atomic E-state index is 12.3. The number of anilines is 1. The number of amides is 1. The van der Waals surface area contributed by atoms with Crippen molar-refractivity contribution in [3.05, 3.63) is 79.1 Å². The van der Waals surface area contributed by atoms with Gasteiger partial charge in [0, 0.05) is 23.6 Å². The van der Waals surface area contributed by atoms with Gasteiger partial charge in [0.2, 0.25) is 0 Å². The van der Waals surface area contributed by atoms with Crippen LogP contribution >= 0.6 is 0 Å². The normalized spacial score (nSPS) is 10.7. The van der Waals surface area contributed by atoms with E-state index in [0.717, 1.165) is 23.3 Å². The highest BCUT2D eigenvalue weighted by atomic mass is 16.5. The Balaban J connectivity index is 1.36.